The fraction of sp³-hybridized carbons (Fsp3) is 0.483. The van der Waals surface area contributed by atoms with Crippen LogP contribution in [0, 0.1) is 6.92 Å². The van der Waals surface area contributed by atoms with E-state index in [4.69, 9.17) is 10.5 Å². The minimum atomic E-state index is -0.734. The molecule has 1 heterocycles. The number of aliphatic hydroxyl groups is 1. The highest BCUT2D eigenvalue weighted by Gasteiger charge is 2.42. The van der Waals surface area contributed by atoms with Gasteiger partial charge in [0.15, 0.2) is 0 Å². The summed E-state index contributed by atoms with van der Waals surface area (Å²) in [5.41, 5.74) is 9.02. The minimum absolute atomic E-state index is 0.0998. The molecule has 0 spiro atoms. The number of hydrogen-bond acceptors (Lipinski definition) is 6. The fourth-order valence-electron chi connectivity index (χ4n) is 4.50. The van der Waals surface area contributed by atoms with Crippen molar-refractivity contribution in [3.63, 3.8) is 0 Å². The highest BCUT2D eigenvalue weighted by molar-refractivity contribution is 8.04. The van der Waals surface area contributed by atoms with E-state index in [0.717, 1.165) is 40.8 Å². The number of carbonyl (C=O) groups is 1. The number of phenols is 1. The summed E-state index contributed by atoms with van der Waals surface area (Å²) in [5.74, 6) is -0.136. The number of unbranched alkanes of at least 4 members (excludes halogenated alkanes) is 2. The third kappa shape index (κ3) is 6.75. The fourth-order valence-corrected chi connectivity index (χ4v) is 5.74. The maximum absolute atomic E-state index is 13.3. The molecule has 0 radical (unpaired) electrons. The summed E-state index contributed by atoms with van der Waals surface area (Å²) in [4.78, 5) is 14.5. The van der Waals surface area contributed by atoms with Crippen LogP contribution >= 0.6 is 11.8 Å². The first-order chi connectivity index (χ1) is 16.4. The third-order valence-corrected chi connectivity index (χ3v) is 7.84. The van der Waals surface area contributed by atoms with Crippen molar-refractivity contribution in [2.24, 2.45) is 0 Å². The van der Waals surface area contributed by atoms with E-state index in [2.05, 4.69) is 27.7 Å². The number of carbonyl (C=O) groups excluding carboxylic acids is 1. The summed E-state index contributed by atoms with van der Waals surface area (Å²) in [7, 11) is 0. The lowest BCUT2D eigenvalue weighted by molar-refractivity contribution is -0.159. The molecule has 3 rings (SSSR count). The van der Waals surface area contributed by atoms with E-state index >= 15 is 0 Å². The molecule has 0 aromatic heterocycles. The lowest BCUT2D eigenvalue weighted by Crippen LogP contribution is -2.40. The summed E-state index contributed by atoms with van der Waals surface area (Å²) in [5, 5.41) is 20.7. The average molecular weight is 498 g/mol. The maximum atomic E-state index is 13.3. The van der Waals surface area contributed by atoms with E-state index in [1.54, 1.807) is 12.1 Å². The zero-order valence-corrected chi connectivity index (χ0v) is 22.4. The third-order valence-electron chi connectivity index (χ3n) is 6.68. The Balaban J connectivity index is 1.89. The summed E-state index contributed by atoms with van der Waals surface area (Å²) in [6.45, 7) is 10.4. The van der Waals surface area contributed by atoms with Crippen molar-refractivity contribution in [1.29, 1.82) is 0 Å². The van der Waals surface area contributed by atoms with Crippen molar-refractivity contribution in [2.75, 3.05) is 5.73 Å². The van der Waals surface area contributed by atoms with Crippen LogP contribution < -0.4 is 5.73 Å². The molecule has 0 amide bonds. The van der Waals surface area contributed by atoms with Crippen LogP contribution in [-0.4, -0.2) is 21.8 Å². The molecule has 190 valence electrons. The van der Waals surface area contributed by atoms with E-state index in [1.807, 2.05) is 31.2 Å². The number of phenolic OH excluding ortho intramolecular Hbond substituents is 1. The summed E-state index contributed by atoms with van der Waals surface area (Å²) in [6.07, 6.45) is 5.37. The number of aromatic hydroxyl groups is 1. The van der Waals surface area contributed by atoms with Crippen molar-refractivity contribution in [3.05, 3.63) is 63.8 Å². The molecule has 2 aromatic rings. The van der Waals surface area contributed by atoms with E-state index in [9.17, 15) is 15.0 Å². The van der Waals surface area contributed by atoms with Gasteiger partial charge in [-0.3, -0.25) is 0 Å². The average Bonchev–Trinajstić information content (AvgIpc) is 2.77. The van der Waals surface area contributed by atoms with Crippen LogP contribution in [0.15, 0.2) is 52.0 Å². The van der Waals surface area contributed by atoms with Crippen LogP contribution in [0.5, 0.6) is 5.75 Å². The second-order valence-corrected chi connectivity index (χ2v) is 11.8. The number of hydrogen-bond donors (Lipinski definition) is 3. The van der Waals surface area contributed by atoms with Crippen molar-refractivity contribution >= 4 is 23.4 Å². The smallest absolute Gasteiger partial charge is 0.349 e. The first kappa shape index (κ1) is 27.0. The Labute approximate surface area is 213 Å². The van der Waals surface area contributed by atoms with Gasteiger partial charge in [-0.15, -0.1) is 0 Å². The van der Waals surface area contributed by atoms with Crippen LogP contribution in [0.1, 0.15) is 82.9 Å². The number of cyclic esters (lactones) is 1. The van der Waals surface area contributed by atoms with Gasteiger partial charge in [-0.2, -0.15) is 0 Å². The van der Waals surface area contributed by atoms with Gasteiger partial charge < -0.3 is 20.7 Å². The van der Waals surface area contributed by atoms with E-state index in [0.29, 0.717) is 31.4 Å². The molecule has 2 aromatic carbocycles. The number of benzene rings is 2. The van der Waals surface area contributed by atoms with Gasteiger partial charge in [-0.25, -0.2) is 4.79 Å². The number of thioether (sulfide) groups is 1. The van der Waals surface area contributed by atoms with Crippen LogP contribution in [0.2, 0.25) is 0 Å². The number of esters is 1. The molecule has 4 N–H and O–H groups in total. The lowest BCUT2D eigenvalue weighted by Gasteiger charge is -2.37. The van der Waals surface area contributed by atoms with Gasteiger partial charge in [0.2, 0.25) is 0 Å². The Kier molecular flexibility index (Phi) is 8.47. The summed E-state index contributed by atoms with van der Waals surface area (Å²) in [6, 6.07) is 11.1. The molecular formula is C29H39NO4S. The Morgan fingerprint density at radius 2 is 1.77 bits per heavy atom. The van der Waals surface area contributed by atoms with E-state index < -0.39 is 11.6 Å². The molecule has 35 heavy (non-hydrogen) atoms. The number of aryl methyl sites for hydroxylation is 2. The minimum Gasteiger partial charge on any atom is -0.511 e. The zero-order valence-electron chi connectivity index (χ0n) is 21.6. The molecule has 1 aliphatic heterocycles. The van der Waals surface area contributed by atoms with Crippen molar-refractivity contribution in [3.8, 4) is 5.75 Å². The van der Waals surface area contributed by atoms with Crippen LogP contribution in [0.25, 0.3) is 0 Å². The molecule has 0 saturated carbocycles. The Hall–Kier alpha value is -2.60. The topological polar surface area (TPSA) is 92.8 Å². The first-order valence-corrected chi connectivity index (χ1v) is 13.3. The molecule has 1 unspecified atom stereocenters. The highest BCUT2D eigenvalue weighted by Crippen LogP contribution is 2.45. The number of anilines is 1. The normalized spacial score (nSPS) is 18.6. The van der Waals surface area contributed by atoms with Crippen molar-refractivity contribution in [1.82, 2.24) is 0 Å². The first-order valence-electron chi connectivity index (χ1n) is 12.5. The summed E-state index contributed by atoms with van der Waals surface area (Å²) >= 11 is 1.27. The number of ether oxygens (including phenoxy) is 1. The quantitative estimate of drug-likeness (QED) is 0.191. The van der Waals surface area contributed by atoms with Crippen molar-refractivity contribution in [2.45, 2.75) is 95.5 Å². The molecule has 5 nitrogen and oxygen atoms in total. The molecule has 0 fully saturated rings. The predicted molar refractivity (Wildman–Crippen MR) is 144 cm³/mol. The van der Waals surface area contributed by atoms with Crippen LogP contribution in [0.3, 0.4) is 0 Å². The number of nitrogens with two attached hydrogens (primary N) is 1. The molecule has 6 heteroatoms. The standard InChI is InChI=1S/C29H39NO4S/c1-6-7-8-14-29(15-13-20-9-11-21(31)12-10-20)18-24(32)26(27(33)34-29)35-25-16-19(2)23(30)17-22(25)28(3,4)5/h9-12,16-17,31-32H,6-8,13-15,18,30H2,1-5H3. The lowest BCUT2D eigenvalue weighted by atomic mass is 9.84. The molecular weight excluding hydrogens is 458 g/mol. The van der Waals surface area contributed by atoms with Crippen LogP contribution in [-0.2, 0) is 21.4 Å². The Bertz CT molecular complexity index is 1090. The van der Waals surface area contributed by atoms with Gasteiger partial charge >= 0.3 is 5.97 Å². The number of nitrogen functional groups attached to an aromatic ring is 1. The van der Waals surface area contributed by atoms with Gasteiger partial charge in [-0.05, 0) is 79.0 Å². The Morgan fingerprint density at radius 3 is 2.37 bits per heavy atom. The van der Waals surface area contributed by atoms with Crippen molar-refractivity contribution < 1.29 is 19.7 Å². The molecule has 0 aliphatic carbocycles. The monoisotopic (exact) mass is 497 g/mol. The largest absolute Gasteiger partial charge is 0.511 e. The number of aliphatic hydroxyl groups excluding tert-OH is 1. The van der Waals surface area contributed by atoms with Gasteiger partial charge in [0.1, 0.15) is 22.0 Å². The van der Waals surface area contributed by atoms with Gasteiger partial charge in [0, 0.05) is 17.0 Å². The van der Waals surface area contributed by atoms with Gasteiger partial charge in [0.25, 0.3) is 0 Å². The molecule has 1 atom stereocenters. The maximum Gasteiger partial charge on any atom is 0.349 e. The predicted octanol–water partition coefficient (Wildman–Crippen LogP) is 7.34. The molecule has 1 aliphatic rings. The Morgan fingerprint density at radius 1 is 1.09 bits per heavy atom. The second-order valence-electron chi connectivity index (χ2n) is 10.7. The van der Waals surface area contributed by atoms with Gasteiger partial charge in [-0.1, -0.05) is 64.4 Å². The molecule has 0 bridgehead atoms. The van der Waals surface area contributed by atoms with E-state index in [-0.39, 0.29) is 21.8 Å². The van der Waals surface area contributed by atoms with Gasteiger partial charge in [0.05, 0.1) is 0 Å². The second kappa shape index (κ2) is 11.0. The number of rotatable bonds is 9. The van der Waals surface area contributed by atoms with Crippen LogP contribution in [0.4, 0.5) is 5.69 Å². The SMILES string of the molecule is CCCCCC1(CCc2ccc(O)cc2)CC(O)=C(Sc2cc(C)c(N)cc2C(C)(C)C)C(=O)O1. The summed E-state index contributed by atoms with van der Waals surface area (Å²) < 4.78 is 6.15. The molecule has 0 saturated heterocycles. The van der Waals surface area contributed by atoms with E-state index in [1.165, 1.54) is 11.8 Å². The zero-order chi connectivity index (χ0) is 25.8. The highest BCUT2D eigenvalue weighted by atomic mass is 32.2.